The molecule has 0 aliphatic carbocycles. The second-order valence-electron chi connectivity index (χ2n) is 4.16. The van der Waals surface area contributed by atoms with Crippen molar-refractivity contribution in [3.63, 3.8) is 0 Å². The molecular formula is C14H12N4O2. The molecule has 2 N–H and O–H groups in total. The number of carbonyl (C=O) groups is 1. The number of aromatic nitrogens is 3. The first kappa shape index (κ1) is 12.2. The second kappa shape index (κ2) is 5.40. The number of oxazole rings is 1. The summed E-state index contributed by atoms with van der Waals surface area (Å²) in [5.74, 6) is 0.308. The first-order valence-electron chi connectivity index (χ1n) is 6.10. The van der Waals surface area contributed by atoms with Crippen LogP contribution in [0.15, 0.2) is 53.3 Å². The van der Waals surface area contributed by atoms with Crippen LogP contribution in [0.4, 0.5) is 0 Å². The predicted molar refractivity (Wildman–Crippen MR) is 71.7 cm³/mol. The zero-order valence-corrected chi connectivity index (χ0v) is 10.5. The van der Waals surface area contributed by atoms with Crippen molar-refractivity contribution < 1.29 is 9.21 Å². The molecule has 0 unspecified atom stereocenters. The van der Waals surface area contributed by atoms with Gasteiger partial charge in [0.2, 0.25) is 5.89 Å². The Morgan fingerprint density at radius 2 is 2.10 bits per heavy atom. The van der Waals surface area contributed by atoms with Crippen molar-refractivity contribution in [1.82, 2.24) is 20.5 Å². The third-order valence-electron chi connectivity index (χ3n) is 2.75. The molecule has 0 fully saturated rings. The molecule has 2 heterocycles. The van der Waals surface area contributed by atoms with Gasteiger partial charge in [-0.05, 0) is 18.2 Å². The quantitative estimate of drug-likeness (QED) is 0.758. The van der Waals surface area contributed by atoms with Gasteiger partial charge < -0.3 is 9.73 Å². The first-order valence-corrected chi connectivity index (χ1v) is 6.10. The highest BCUT2D eigenvalue weighted by atomic mass is 16.3. The lowest BCUT2D eigenvalue weighted by Crippen LogP contribution is -2.23. The number of H-pyrrole nitrogens is 1. The fourth-order valence-electron chi connectivity index (χ4n) is 1.75. The Morgan fingerprint density at radius 1 is 1.25 bits per heavy atom. The van der Waals surface area contributed by atoms with Crippen molar-refractivity contribution in [1.29, 1.82) is 0 Å². The summed E-state index contributed by atoms with van der Waals surface area (Å²) >= 11 is 0. The van der Waals surface area contributed by atoms with Crippen molar-refractivity contribution in [2.75, 3.05) is 0 Å². The molecule has 0 aliphatic rings. The average molecular weight is 268 g/mol. The van der Waals surface area contributed by atoms with Crippen LogP contribution >= 0.6 is 0 Å². The van der Waals surface area contributed by atoms with E-state index in [1.807, 2.05) is 30.3 Å². The van der Waals surface area contributed by atoms with Gasteiger partial charge in [0.05, 0.1) is 12.2 Å². The van der Waals surface area contributed by atoms with E-state index in [1.54, 1.807) is 6.07 Å². The van der Waals surface area contributed by atoms with E-state index in [9.17, 15) is 4.79 Å². The van der Waals surface area contributed by atoms with E-state index in [0.29, 0.717) is 23.8 Å². The summed E-state index contributed by atoms with van der Waals surface area (Å²) in [5.41, 5.74) is 1.98. The Kier molecular flexibility index (Phi) is 3.28. The van der Waals surface area contributed by atoms with Crippen LogP contribution in [0, 0.1) is 0 Å². The van der Waals surface area contributed by atoms with Gasteiger partial charge in [0.25, 0.3) is 5.91 Å². The lowest BCUT2D eigenvalue weighted by atomic mass is 10.2. The maximum atomic E-state index is 11.7. The summed E-state index contributed by atoms with van der Waals surface area (Å²) in [7, 11) is 0. The highest BCUT2D eigenvalue weighted by Crippen LogP contribution is 2.17. The Labute approximate surface area is 114 Å². The molecule has 3 aromatic rings. The largest absolute Gasteiger partial charge is 0.444 e. The fourth-order valence-corrected chi connectivity index (χ4v) is 1.75. The summed E-state index contributed by atoms with van der Waals surface area (Å²) in [6.45, 7) is 0.300. The van der Waals surface area contributed by atoms with Gasteiger partial charge in [-0.1, -0.05) is 18.2 Å². The molecular weight excluding hydrogens is 256 g/mol. The van der Waals surface area contributed by atoms with Crippen molar-refractivity contribution in [2.45, 2.75) is 6.54 Å². The molecule has 0 radical (unpaired) electrons. The smallest absolute Gasteiger partial charge is 0.269 e. The average Bonchev–Trinajstić information content (AvgIpc) is 3.17. The number of nitrogens with one attached hydrogen (secondary N) is 2. The zero-order valence-electron chi connectivity index (χ0n) is 10.5. The van der Waals surface area contributed by atoms with E-state index >= 15 is 0 Å². The maximum absolute atomic E-state index is 11.7. The topological polar surface area (TPSA) is 83.8 Å². The summed E-state index contributed by atoms with van der Waals surface area (Å²) in [5, 5.41) is 9.05. The summed E-state index contributed by atoms with van der Waals surface area (Å²) in [6, 6.07) is 11.2. The van der Waals surface area contributed by atoms with Crippen molar-refractivity contribution in [2.24, 2.45) is 0 Å². The Bertz CT molecular complexity index is 689. The number of carbonyl (C=O) groups excluding carboxylic acids is 1. The Balaban J connectivity index is 1.65. The van der Waals surface area contributed by atoms with Crippen LogP contribution in [0.1, 0.15) is 16.2 Å². The highest BCUT2D eigenvalue weighted by molar-refractivity contribution is 5.91. The minimum absolute atomic E-state index is 0.230. The molecule has 0 aliphatic heterocycles. The molecule has 1 amide bonds. The third-order valence-corrected chi connectivity index (χ3v) is 2.75. The van der Waals surface area contributed by atoms with E-state index in [-0.39, 0.29) is 5.91 Å². The van der Waals surface area contributed by atoms with Crippen LogP contribution < -0.4 is 5.32 Å². The number of benzene rings is 1. The molecule has 100 valence electrons. The van der Waals surface area contributed by atoms with Gasteiger partial charge in [-0.2, -0.15) is 5.10 Å². The van der Waals surface area contributed by atoms with Crippen LogP contribution in [0.25, 0.3) is 11.5 Å². The number of hydrogen-bond acceptors (Lipinski definition) is 4. The Morgan fingerprint density at radius 3 is 2.85 bits per heavy atom. The maximum Gasteiger partial charge on any atom is 0.269 e. The molecule has 20 heavy (non-hydrogen) atoms. The molecule has 0 saturated heterocycles. The molecule has 0 atom stereocenters. The molecule has 6 heteroatoms. The number of hydrogen-bond donors (Lipinski definition) is 2. The van der Waals surface area contributed by atoms with E-state index < -0.39 is 0 Å². The predicted octanol–water partition coefficient (Wildman–Crippen LogP) is 1.99. The minimum atomic E-state index is -0.230. The highest BCUT2D eigenvalue weighted by Gasteiger charge is 2.09. The van der Waals surface area contributed by atoms with Gasteiger partial charge in [0.1, 0.15) is 12.0 Å². The Hall–Kier alpha value is -2.89. The molecule has 3 rings (SSSR count). The summed E-state index contributed by atoms with van der Waals surface area (Å²) < 4.78 is 5.39. The first-order chi connectivity index (χ1) is 9.83. The number of amides is 1. The van der Waals surface area contributed by atoms with Crippen LogP contribution in [0.2, 0.25) is 0 Å². The van der Waals surface area contributed by atoms with E-state index in [2.05, 4.69) is 20.5 Å². The SMILES string of the molecule is O=C(NCc1coc(-c2ccccc2)n1)c1ccn[nH]1. The van der Waals surface area contributed by atoms with Crippen LogP contribution in [0.3, 0.4) is 0 Å². The number of rotatable bonds is 4. The summed E-state index contributed by atoms with van der Waals surface area (Å²) in [6.07, 6.45) is 3.06. The zero-order chi connectivity index (χ0) is 13.8. The van der Waals surface area contributed by atoms with Crippen molar-refractivity contribution in [3.05, 3.63) is 60.2 Å². The van der Waals surface area contributed by atoms with Crippen molar-refractivity contribution >= 4 is 5.91 Å². The molecule has 2 aromatic heterocycles. The van der Waals surface area contributed by atoms with Crippen LogP contribution in [-0.2, 0) is 6.54 Å². The van der Waals surface area contributed by atoms with Gasteiger partial charge in [-0.15, -0.1) is 0 Å². The lowest BCUT2D eigenvalue weighted by Gasteiger charge is -1.99. The number of aromatic amines is 1. The van der Waals surface area contributed by atoms with Gasteiger partial charge in [0, 0.05) is 11.8 Å². The molecule has 6 nitrogen and oxygen atoms in total. The molecule has 0 spiro atoms. The minimum Gasteiger partial charge on any atom is -0.444 e. The molecule has 0 saturated carbocycles. The van der Waals surface area contributed by atoms with Gasteiger partial charge in [-0.3, -0.25) is 9.89 Å². The van der Waals surface area contributed by atoms with Crippen molar-refractivity contribution in [3.8, 4) is 11.5 Å². The monoisotopic (exact) mass is 268 g/mol. The lowest BCUT2D eigenvalue weighted by molar-refractivity contribution is 0.0945. The van der Waals surface area contributed by atoms with E-state index in [4.69, 9.17) is 4.42 Å². The van der Waals surface area contributed by atoms with Gasteiger partial charge in [-0.25, -0.2) is 4.98 Å². The molecule has 1 aromatic carbocycles. The third kappa shape index (κ3) is 2.59. The van der Waals surface area contributed by atoms with Gasteiger partial charge in [0.15, 0.2) is 0 Å². The fraction of sp³-hybridized carbons (Fsp3) is 0.0714. The molecule has 0 bridgehead atoms. The van der Waals surface area contributed by atoms with E-state index in [1.165, 1.54) is 12.5 Å². The normalized spacial score (nSPS) is 10.4. The standard InChI is InChI=1S/C14H12N4O2/c19-13(12-6-7-16-18-12)15-8-11-9-20-14(17-11)10-4-2-1-3-5-10/h1-7,9H,8H2,(H,15,19)(H,16,18). The summed E-state index contributed by atoms with van der Waals surface area (Å²) in [4.78, 5) is 16.0. The number of nitrogens with zero attached hydrogens (tertiary/aromatic N) is 2. The van der Waals surface area contributed by atoms with Gasteiger partial charge >= 0.3 is 0 Å². The van der Waals surface area contributed by atoms with E-state index in [0.717, 1.165) is 5.56 Å². The van der Waals surface area contributed by atoms with Crippen LogP contribution in [0.5, 0.6) is 0 Å². The van der Waals surface area contributed by atoms with Crippen LogP contribution in [-0.4, -0.2) is 21.1 Å². The second-order valence-corrected chi connectivity index (χ2v) is 4.16.